The number of halogens is 4. The normalized spacial score (nSPS) is 11.2. The van der Waals surface area contributed by atoms with Gasteiger partial charge in [0.2, 0.25) is 0 Å². The Kier molecular flexibility index (Phi) is 6.23. The minimum atomic E-state index is -1.33. The lowest BCUT2D eigenvalue weighted by molar-refractivity contribution is -0.141. The number of hydrogen-bond acceptors (Lipinski definition) is 4. The van der Waals surface area contributed by atoms with E-state index in [1.54, 1.807) is 17.6 Å². The van der Waals surface area contributed by atoms with E-state index in [9.17, 15) is 27.2 Å². The Morgan fingerprint density at radius 2 is 1.74 bits per heavy atom. The molecular formula is C24H19F4N3O3. The molecule has 0 atom stereocenters. The van der Waals surface area contributed by atoms with E-state index in [0.717, 1.165) is 4.68 Å². The smallest absolute Gasteiger partial charge is 0.325 e. The maximum Gasteiger partial charge on any atom is 0.325 e. The molecule has 0 aliphatic carbocycles. The second-order valence-corrected chi connectivity index (χ2v) is 7.74. The molecule has 6 nitrogen and oxygen atoms in total. The molecule has 0 aliphatic heterocycles. The topological polar surface area (TPSA) is 66.1 Å². The van der Waals surface area contributed by atoms with Crippen LogP contribution in [0.15, 0.2) is 47.3 Å². The number of hydrogen-bond donors (Lipinski definition) is 0. The highest BCUT2D eigenvalue weighted by molar-refractivity contribution is 5.87. The number of ether oxygens (including phenoxy) is 1. The first kappa shape index (κ1) is 23.2. The molecular weight excluding hydrogens is 454 g/mol. The van der Waals surface area contributed by atoms with Gasteiger partial charge in [-0.25, -0.2) is 22.2 Å². The van der Waals surface area contributed by atoms with Crippen molar-refractivity contribution in [3.8, 4) is 0 Å². The summed E-state index contributed by atoms with van der Waals surface area (Å²) in [5.41, 5.74) is 1.57. The number of nitrogens with zero attached hydrogens (tertiary/aromatic N) is 3. The fraction of sp³-hybridized carbons (Fsp3) is 0.208. The minimum absolute atomic E-state index is 0.0766. The van der Waals surface area contributed by atoms with Crippen LogP contribution in [0.2, 0.25) is 0 Å². The van der Waals surface area contributed by atoms with Crippen molar-refractivity contribution in [3.63, 3.8) is 0 Å². The SMILES string of the molecule is COC(=O)Cn1c(C)c(Cc2ccc(=O)n(Cc3cc(F)c(F)cc3F)n2)c2cc(F)ccc21. The Morgan fingerprint density at radius 1 is 1.00 bits per heavy atom. The predicted octanol–water partition coefficient (Wildman–Crippen LogP) is 3.87. The molecule has 0 saturated heterocycles. The molecule has 0 fully saturated rings. The van der Waals surface area contributed by atoms with Crippen molar-refractivity contribution in [1.82, 2.24) is 14.3 Å². The quantitative estimate of drug-likeness (QED) is 0.242. The predicted molar refractivity (Wildman–Crippen MR) is 115 cm³/mol. The summed E-state index contributed by atoms with van der Waals surface area (Å²) in [7, 11) is 1.27. The second-order valence-electron chi connectivity index (χ2n) is 7.74. The third kappa shape index (κ3) is 4.43. The number of carbonyl (C=O) groups is 1. The highest BCUT2D eigenvalue weighted by Gasteiger charge is 2.18. The maximum absolute atomic E-state index is 14.1. The van der Waals surface area contributed by atoms with Crippen LogP contribution in [-0.2, 0) is 29.0 Å². The Hall–Kier alpha value is -3.95. The van der Waals surface area contributed by atoms with Crippen molar-refractivity contribution in [1.29, 1.82) is 0 Å². The first-order valence-electron chi connectivity index (χ1n) is 10.2. The van der Waals surface area contributed by atoms with E-state index in [2.05, 4.69) is 5.10 Å². The molecule has 10 heteroatoms. The van der Waals surface area contributed by atoms with Crippen LogP contribution in [-0.4, -0.2) is 27.4 Å². The standard InChI is InChI=1S/C24H19F4N3O3/c1-13-17(18-8-15(25)3-5-22(18)30(13)12-24(33)34-2)9-16-4-6-23(32)31(29-16)11-14-7-20(27)21(28)10-19(14)26/h3-8,10H,9,11-12H2,1-2H3. The van der Waals surface area contributed by atoms with Crippen LogP contribution in [0.3, 0.4) is 0 Å². The van der Waals surface area contributed by atoms with Crippen LogP contribution in [0.1, 0.15) is 22.5 Å². The molecule has 2 aromatic heterocycles. The molecule has 34 heavy (non-hydrogen) atoms. The number of aromatic nitrogens is 3. The fourth-order valence-corrected chi connectivity index (χ4v) is 3.87. The van der Waals surface area contributed by atoms with Gasteiger partial charge in [-0.05, 0) is 42.8 Å². The van der Waals surface area contributed by atoms with Crippen molar-refractivity contribution in [2.24, 2.45) is 0 Å². The summed E-state index contributed by atoms with van der Waals surface area (Å²) >= 11 is 0. The van der Waals surface area contributed by atoms with Gasteiger partial charge in [0.15, 0.2) is 11.6 Å². The number of methoxy groups -OCH3 is 1. The molecule has 0 radical (unpaired) electrons. The Balaban J connectivity index is 1.74. The molecule has 2 heterocycles. The van der Waals surface area contributed by atoms with Gasteiger partial charge in [0.05, 0.1) is 19.3 Å². The molecule has 4 rings (SSSR count). The van der Waals surface area contributed by atoms with Gasteiger partial charge in [0.25, 0.3) is 5.56 Å². The van der Waals surface area contributed by atoms with E-state index in [0.29, 0.717) is 40.0 Å². The third-order valence-electron chi connectivity index (χ3n) is 5.62. The van der Waals surface area contributed by atoms with E-state index < -0.39 is 41.3 Å². The summed E-state index contributed by atoms with van der Waals surface area (Å²) in [5, 5.41) is 4.80. The van der Waals surface area contributed by atoms with Gasteiger partial charge in [-0.15, -0.1) is 0 Å². The lowest BCUT2D eigenvalue weighted by atomic mass is 10.1. The van der Waals surface area contributed by atoms with Crippen LogP contribution in [0.4, 0.5) is 17.6 Å². The number of fused-ring (bicyclic) bond motifs is 1. The molecule has 0 amide bonds. The van der Waals surface area contributed by atoms with Gasteiger partial charge in [-0.3, -0.25) is 9.59 Å². The van der Waals surface area contributed by atoms with E-state index >= 15 is 0 Å². The van der Waals surface area contributed by atoms with E-state index in [4.69, 9.17) is 4.74 Å². The summed E-state index contributed by atoms with van der Waals surface area (Å²) in [5.74, 6) is -4.51. The van der Waals surface area contributed by atoms with Gasteiger partial charge < -0.3 is 9.30 Å². The monoisotopic (exact) mass is 473 g/mol. The fourth-order valence-electron chi connectivity index (χ4n) is 3.87. The van der Waals surface area contributed by atoms with E-state index in [-0.39, 0.29) is 18.5 Å². The van der Waals surface area contributed by atoms with Crippen LogP contribution in [0.5, 0.6) is 0 Å². The molecule has 2 aromatic carbocycles. The van der Waals surface area contributed by atoms with Crippen LogP contribution < -0.4 is 5.56 Å². The van der Waals surface area contributed by atoms with Crippen LogP contribution in [0, 0.1) is 30.2 Å². The van der Waals surface area contributed by atoms with Gasteiger partial charge in [-0.2, -0.15) is 5.10 Å². The third-order valence-corrected chi connectivity index (χ3v) is 5.62. The first-order valence-corrected chi connectivity index (χ1v) is 10.2. The number of carbonyl (C=O) groups excluding carboxylic acids is 1. The van der Waals surface area contributed by atoms with Crippen molar-refractivity contribution in [3.05, 3.63) is 98.6 Å². The molecule has 0 bridgehead atoms. The summed E-state index contributed by atoms with van der Waals surface area (Å²) in [6.07, 6.45) is 0.167. The number of rotatable bonds is 6. The number of esters is 1. The average molecular weight is 473 g/mol. The van der Waals surface area contributed by atoms with Crippen molar-refractivity contribution in [2.75, 3.05) is 7.11 Å². The highest BCUT2D eigenvalue weighted by atomic mass is 19.2. The van der Waals surface area contributed by atoms with Gasteiger partial charge in [0, 0.05) is 40.7 Å². The van der Waals surface area contributed by atoms with E-state index in [1.807, 2.05) is 0 Å². The molecule has 4 aromatic rings. The van der Waals surface area contributed by atoms with Crippen LogP contribution >= 0.6 is 0 Å². The van der Waals surface area contributed by atoms with Crippen LogP contribution in [0.25, 0.3) is 10.9 Å². The summed E-state index contributed by atoms with van der Waals surface area (Å²) in [6.45, 7) is 1.28. The Bertz CT molecular complexity index is 1480. The molecule has 176 valence electrons. The van der Waals surface area contributed by atoms with Gasteiger partial charge in [0.1, 0.15) is 18.2 Å². The van der Waals surface area contributed by atoms with E-state index in [1.165, 1.54) is 31.4 Å². The Labute approximate surface area is 191 Å². The number of benzene rings is 2. The molecule has 0 N–H and O–H groups in total. The molecule has 0 unspecified atom stereocenters. The van der Waals surface area contributed by atoms with Gasteiger partial charge >= 0.3 is 5.97 Å². The zero-order valence-corrected chi connectivity index (χ0v) is 18.2. The minimum Gasteiger partial charge on any atom is -0.468 e. The summed E-state index contributed by atoms with van der Waals surface area (Å²) < 4.78 is 62.3. The molecule has 0 aliphatic rings. The Morgan fingerprint density at radius 3 is 2.47 bits per heavy atom. The highest BCUT2D eigenvalue weighted by Crippen LogP contribution is 2.28. The van der Waals surface area contributed by atoms with Crippen molar-refractivity contribution in [2.45, 2.75) is 26.4 Å². The average Bonchev–Trinajstić information content (AvgIpc) is 3.04. The lowest BCUT2D eigenvalue weighted by Gasteiger charge is -2.10. The largest absolute Gasteiger partial charge is 0.468 e. The molecule has 0 saturated carbocycles. The summed E-state index contributed by atoms with van der Waals surface area (Å²) in [4.78, 5) is 24.2. The maximum atomic E-state index is 14.1. The summed E-state index contributed by atoms with van der Waals surface area (Å²) in [6, 6.07) is 7.98. The first-order chi connectivity index (χ1) is 16.2. The zero-order chi connectivity index (χ0) is 24.6. The van der Waals surface area contributed by atoms with Gasteiger partial charge in [-0.1, -0.05) is 0 Å². The second kappa shape index (κ2) is 9.12. The van der Waals surface area contributed by atoms with Crippen molar-refractivity contribution < 1.29 is 27.1 Å². The molecule has 0 spiro atoms. The van der Waals surface area contributed by atoms with Crippen molar-refractivity contribution >= 4 is 16.9 Å². The zero-order valence-electron chi connectivity index (χ0n) is 18.2. The lowest BCUT2D eigenvalue weighted by Crippen LogP contribution is -2.24.